The summed E-state index contributed by atoms with van der Waals surface area (Å²) < 4.78 is 13.6. The van der Waals surface area contributed by atoms with Crippen molar-refractivity contribution in [2.24, 2.45) is 0 Å². The van der Waals surface area contributed by atoms with Gasteiger partial charge in [-0.25, -0.2) is 9.37 Å². The van der Waals surface area contributed by atoms with E-state index in [4.69, 9.17) is 10.8 Å². The van der Waals surface area contributed by atoms with E-state index in [1.807, 2.05) is 0 Å². The highest BCUT2D eigenvalue weighted by Crippen LogP contribution is 2.14. The standard InChI is InChI=1S/C11H16FN3O2/c1-2-15(6-3-7-16)11(17)8-4-5-14-10(13)9(8)12/h4-5,16H,2-3,6-7H2,1H3,(H2,13,14). The van der Waals surface area contributed by atoms with E-state index < -0.39 is 11.7 Å². The average Bonchev–Trinajstić information content (AvgIpc) is 2.33. The van der Waals surface area contributed by atoms with Crippen molar-refractivity contribution in [3.8, 4) is 0 Å². The molecular formula is C11H16FN3O2. The van der Waals surface area contributed by atoms with E-state index >= 15 is 0 Å². The van der Waals surface area contributed by atoms with Crippen LogP contribution in [0.15, 0.2) is 12.3 Å². The summed E-state index contributed by atoms with van der Waals surface area (Å²) in [6.07, 6.45) is 1.76. The Kier molecular flexibility index (Phi) is 4.84. The minimum Gasteiger partial charge on any atom is -0.396 e. The summed E-state index contributed by atoms with van der Waals surface area (Å²) in [4.78, 5) is 17.0. The van der Waals surface area contributed by atoms with Crippen LogP contribution in [0, 0.1) is 5.82 Å². The van der Waals surface area contributed by atoms with Crippen molar-refractivity contribution in [2.45, 2.75) is 13.3 Å². The Morgan fingerprint density at radius 2 is 2.35 bits per heavy atom. The number of aromatic nitrogens is 1. The highest BCUT2D eigenvalue weighted by Gasteiger charge is 2.19. The maximum absolute atomic E-state index is 13.6. The molecule has 0 saturated heterocycles. The lowest BCUT2D eigenvalue weighted by Gasteiger charge is -2.20. The van der Waals surface area contributed by atoms with E-state index in [9.17, 15) is 9.18 Å². The molecule has 1 amide bonds. The van der Waals surface area contributed by atoms with Gasteiger partial charge in [-0.1, -0.05) is 0 Å². The molecule has 1 aromatic heterocycles. The molecule has 0 aromatic carbocycles. The molecule has 0 aliphatic carbocycles. The highest BCUT2D eigenvalue weighted by atomic mass is 19.1. The lowest BCUT2D eigenvalue weighted by atomic mass is 10.2. The van der Waals surface area contributed by atoms with E-state index in [1.165, 1.54) is 17.2 Å². The molecule has 1 rings (SSSR count). The zero-order valence-corrected chi connectivity index (χ0v) is 9.69. The fraction of sp³-hybridized carbons (Fsp3) is 0.455. The number of anilines is 1. The molecule has 0 unspecified atom stereocenters. The maximum atomic E-state index is 13.6. The van der Waals surface area contributed by atoms with E-state index in [0.29, 0.717) is 19.5 Å². The van der Waals surface area contributed by atoms with Gasteiger partial charge in [0.1, 0.15) is 0 Å². The van der Waals surface area contributed by atoms with E-state index in [1.54, 1.807) is 6.92 Å². The second kappa shape index (κ2) is 6.15. The van der Waals surface area contributed by atoms with Crippen molar-refractivity contribution in [2.75, 3.05) is 25.4 Å². The zero-order valence-electron chi connectivity index (χ0n) is 9.69. The van der Waals surface area contributed by atoms with Gasteiger partial charge in [-0.2, -0.15) is 0 Å². The van der Waals surface area contributed by atoms with Gasteiger partial charge in [0.15, 0.2) is 11.6 Å². The molecule has 17 heavy (non-hydrogen) atoms. The number of carbonyl (C=O) groups excluding carboxylic acids is 1. The van der Waals surface area contributed by atoms with Gasteiger partial charge >= 0.3 is 0 Å². The number of nitrogens with zero attached hydrogens (tertiary/aromatic N) is 2. The molecule has 1 aromatic rings. The lowest BCUT2D eigenvalue weighted by molar-refractivity contribution is 0.0749. The summed E-state index contributed by atoms with van der Waals surface area (Å²) in [5.41, 5.74) is 5.22. The minimum absolute atomic E-state index is 0.00918. The van der Waals surface area contributed by atoms with Gasteiger partial charge < -0.3 is 15.7 Å². The molecule has 0 spiro atoms. The van der Waals surface area contributed by atoms with E-state index in [0.717, 1.165) is 0 Å². The minimum atomic E-state index is -0.792. The van der Waals surface area contributed by atoms with Gasteiger partial charge in [0, 0.05) is 25.9 Å². The third-order valence-corrected chi connectivity index (χ3v) is 2.40. The Balaban J connectivity index is 2.90. The number of amides is 1. The fourth-order valence-corrected chi connectivity index (χ4v) is 1.46. The fourth-order valence-electron chi connectivity index (χ4n) is 1.46. The van der Waals surface area contributed by atoms with Crippen LogP contribution in [0.4, 0.5) is 10.2 Å². The molecule has 0 aliphatic heterocycles. The number of nitrogen functional groups attached to an aromatic ring is 1. The van der Waals surface area contributed by atoms with Crippen LogP contribution in [0.5, 0.6) is 0 Å². The molecule has 0 saturated carbocycles. The summed E-state index contributed by atoms with van der Waals surface area (Å²) in [6, 6.07) is 1.30. The van der Waals surface area contributed by atoms with Crippen LogP contribution in [-0.4, -0.2) is 40.6 Å². The number of aliphatic hydroxyl groups is 1. The second-order valence-corrected chi connectivity index (χ2v) is 3.52. The Bertz CT molecular complexity index is 398. The Labute approximate surface area is 99.1 Å². The molecular weight excluding hydrogens is 225 g/mol. The highest BCUT2D eigenvalue weighted by molar-refractivity contribution is 5.95. The molecule has 0 fully saturated rings. The molecule has 0 atom stereocenters. The van der Waals surface area contributed by atoms with Crippen LogP contribution in [0.1, 0.15) is 23.7 Å². The molecule has 6 heteroatoms. The van der Waals surface area contributed by atoms with Crippen molar-refractivity contribution in [3.63, 3.8) is 0 Å². The summed E-state index contributed by atoms with van der Waals surface area (Å²) in [7, 11) is 0. The maximum Gasteiger partial charge on any atom is 0.257 e. The van der Waals surface area contributed by atoms with Gasteiger partial charge in [0.05, 0.1) is 5.56 Å². The number of hydrogen-bond donors (Lipinski definition) is 2. The normalized spacial score (nSPS) is 10.3. The summed E-state index contributed by atoms with van der Waals surface area (Å²) >= 11 is 0. The number of halogens is 1. The molecule has 94 valence electrons. The topological polar surface area (TPSA) is 79.5 Å². The smallest absolute Gasteiger partial charge is 0.257 e. The Morgan fingerprint density at radius 3 is 2.94 bits per heavy atom. The average molecular weight is 241 g/mol. The molecule has 0 aliphatic rings. The SMILES string of the molecule is CCN(CCCO)C(=O)c1ccnc(N)c1F. The van der Waals surface area contributed by atoms with Gasteiger partial charge in [0.25, 0.3) is 5.91 Å². The van der Waals surface area contributed by atoms with Gasteiger partial charge in [-0.05, 0) is 19.4 Å². The molecule has 3 N–H and O–H groups in total. The number of hydrogen-bond acceptors (Lipinski definition) is 4. The predicted octanol–water partition coefficient (Wildman–Crippen LogP) is 0.647. The zero-order chi connectivity index (χ0) is 12.8. The second-order valence-electron chi connectivity index (χ2n) is 3.52. The molecule has 0 radical (unpaired) electrons. The summed E-state index contributed by atoms with van der Waals surface area (Å²) in [5, 5.41) is 8.72. The number of carbonyl (C=O) groups is 1. The third kappa shape index (κ3) is 3.13. The summed E-state index contributed by atoms with van der Waals surface area (Å²) in [6.45, 7) is 2.61. The van der Waals surface area contributed by atoms with Gasteiger partial charge in [0.2, 0.25) is 0 Å². The van der Waals surface area contributed by atoms with Crippen LogP contribution in [0.2, 0.25) is 0 Å². The lowest BCUT2D eigenvalue weighted by Crippen LogP contribution is -2.33. The number of aliphatic hydroxyl groups excluding tert-OH is 1. The summed E-state index contributed by atoms with van der Waals surface area (Å²) in [5.74, 6) is -1.51. The molecule has 0 bridgehead atoms. The Morgan fingerprint density at radius 1 is 1.65 bits per heavy atom. The first-order chi connectivity index (χ1) is 8.11. The van der Waals surface area contributed by atoms with Crippen LogP contribution >= 0.6 is 0 Å². The van der Waals surface area contributed by atoms with Crippen molar-refractivity contribution in [3.05, 3.63) is 23.6 Å². The van der Waals surface area contributed by atoms with Gasteiger partial charge in [-0.3, -0.25) is 4.79 Å². The first-order valence-corrected chi connectivity index (χ1v) is 5.41. The quantitative estimate of drug-likeness (QED) is 0.793. The number of rotatable bonds is 5. The first-order valence-electron chi connectivity index (χ1n) is 5.41. The molecule has 1 heterocycles. The van der Waals surface area contributed by atoms with Crippen molar-refractivity contribution < 1.29 is 14.3 Å². The van der Waals surface area contributed by atoms with E-state index in [-0.39, 0.29) is 18.0 Å². The number of nitrogens with two attached hydrogens (primary N) is 1. The van der Waals surface area contributed by atoms with Crippen LogP contribution < -0.4 is 5.73 Å². The van der Waals surface area contributed by atoms with Crippen LogP contribution in [0.3, 0.4) is 0 Å². The predicted molar refractivity (Wildman–Crippen MR) is 61.9 cm³/mol. The molecule has 5 nitrogen and oxygen atoms in total. The largest absolute Gasteiger partial charge is 0.396 e. The van der Waals surface area contributed by atoms with Crippen molar-refractivity contribution >= 4 is 11.7 Å². The van der Waals surface area contributed by atoms with Crippen molar-refractivity contribution in [1.29, 1.82) is 0 Å². The first kappa shape index (κ1) is 13.4. The van der Waals surface area contributed by atoms with Crippen LogP contribution in [-0.2, 0) is 0 Å². The van der Waals surface area contributed by atoms with E-state index in [2.05, 4.69) is 4.98 Å². The van der Waals surface area contributed by atoms with Gasteiger partial charge in [-0.15, -0.1) is 0 Å². The van der Waals surface area contributed by atoms with Crippen molar-refractivity contribution in [1.82, 2.24) is 9.88 Å². The van der Waals surface area contributed by atoms with Crippen LogP contribution in [0.25, 0.3) is 0 Å². The number of pyridine rings is 1. The third-order valence-electron chi connectivity index (χ3n) is 2.40. The monoisotopic (exact) mass is 241 g/mol. The Hall–Kier alpha value is -1.69.